The predicted molar refractivity (Wildman–Crippen MR) is 204 cm³/mol. The summed E-state index contributed by atoms with van der Waals surface area (Å²) < 4.78 is 19.1. The minimum absolute atomic E-state index is 0.0939. The van der Waals surface area contributed by atoms with Gasteiger partial charge in [0.15, 0.2) is 17.8 Å². The van der Waals surface area contributed by atoms with Crippen molar-refractivity contribution in [3.8, 4) is 5.75 Å². The molecule has 0 bridgehead atoms. The Hall–Kier alpha value is -5.25. The van der Waals surface area contributed by atoms with Gasteiger partial charge in [0.25, 0.3) is 5.91 Å². The number of pyridine rings is 1. The van der Waals surface area contributed by atoms with Crippen molar-refractivity contribution in [3.63, 3.8) is 0 Å². The van der Waals surface area contributed by atoms with Crippen LogP contribution in [-0.2, 0) is 30.8 Å². The van der Waals surface area contributed by atoms with Gasteiger partial charge < -0.3 is 24.8 Å². The molecule has 0 aliphatic heterocycles. The van der Waals surface area contributed by atoms with E-state index in [4.69, 9.17) is 14.2 Å². The van der Waals surface area contributed by atoms with Crippen molar-refractivity contribution in [2.75, 3.05) is 46.3 Å². The van der Waals surface area contributed by atoms with E-state index >= 15 is 0 Å². The van der Waals surface area contributed by atoms with Crippen molar-refractivity contribution in [1.29, 1.82) is 0 Å². The number of carbonyl (C=O) groups is 3. The van der Waals surface area contributed by atoms with Crippen molar-refractivity contribution in [3.05, 3.63) is 89.3 Å². The van der Waals surface area contributed by atoms with Crippen LogP contribution in [0.1, 0.15) is 87.8 Å². The summed E-state index contributed by atoms with van der Waals surface area (Å²) in [5.74, 6) is 0.661. The summed E-state index contributed by atoms with van der Waals surface area (Å²) in [4.78, 5) is 51.0. The van der Waals surface area contributed by atoms with Gasteiger partial charge in [0, 0.05) is 49.9 Å². The molecular formula is C39H51N9O6. The molecule has 0 saturated carbocycles. The number of fused-ring (bicyclic) bond motifs is 2. The summed E-state index contributed by atoms with van der Waals surface area (Å²) in [6.45, 7) is 15.2. The fourth-order valence-corrected chi connectivity index (χ4v) is 5.86. The van der Waals surface area contributed by atoms with E-state index in [9.17, 15) is 14.4 Å². The average molecular weight is 742 g/mol. The lowest BCUT2D eigenvalue weighted by Crippen LogP contribution is -2.51. The smallest absolute Gasteiger partial charge is 0.321 e. The number of nitrogens with one attached hydrogen (secondary N) is 3. The van der Waals surface area contributed by atoms with E-state index in [-0.39, 0.29) is 17.2 Å². The van der Waals surface area contributed by atoms with E-state index in [2.05, 4.69) is 41.0 Å². The highest BCUT2D eigenvalue weighted by Gasteiger charge is 2.39. The van der Waals surface area contributed by atoms with Gasteiger partial charge in [0.1, 0.15) is 28.8 Å². The van der Waals surface area contributed by atoms with Crippen LogP contribution in [0.4, 0.5) is 10.6 Å². The molecule has 1 aliphatic carbocycles. The third kappa shape index (κ3) is 8.59. The van der Waals surface area contributed by atoms with E-state index in [1.807, 2.05) is 72.0 Å². The SMILES string of the molecule is COCCN(C)C(C)(C)CNC(=O)c1nc(NC(=O)N[C@@]2(C=O)C=C[C@@H](Oc3ccc4nnc(C(C)(C)OC)n4c3)c3ccccc32)cc(C(C)(C)C)n1. The molecular weight excluding hydrogens is 690 g/mol. The number of hydrogen-bond donors (Lipinski definition) is 3. The number of anilines is 1. The molecule has 5 rings (SSSR count). The van der Waals surface area contributed by atoms with E-state index < -0.39 is 34.6 Å². The third-order valence-electron chi connectivity index (χ3n) is 9.73. The number of hydrogen-bond acceptors (Lipinski definition) is 11. The number of urea groups is 1. The first-order valence-electron chi connectivity index (χ1n) is 17.7. The maximum Gasteiger partial charge on any atom is 0.321 e. The number of amides is 3. The Kier molecular flexibility index (Phi) is 11.6. The molecule has 288 valence electrons. The fraction of sp³-hybridized carbons (Fsp3) is 0.462. The van der Waals surface area contributed by atoms with Crippen LogP contribution < -0.4 is 20.7 Å². The maximum absolute atomic E-state index is 13.7. The number of benzene rings is 1. The molecule has 1 aromatic carbocycles. The standard InChI is InChI=1S/C39H51N9O6/c1-36(2,3)29-21-30(42-32(41-29)33(50)40-23-37(4,5)47(8)19-20-52-9)43-35(51)44-39(24-49)18-17-28(26-13-11-12-14-27(26)39)54-25-15-16-31-45-46-34(48(31)22-25)38(6,7)53-10/h11-18,21-22,24,28H,19-20,23H2,1-10H3,(H,40,50)(H2,41,42,43,44,51)/t28-,39-/m1/s1. The van der Waals surface area contributed by atoms with Crippen LogP contribution in [0.2, 0.25) is 0 Å². The van der Waals surface area contributed by atoms with Crippen LogP contribution in [0, 0.1) is 0 Å². The second kappa shape index (κ2) is 15.6. The first-order valence-corrected chi connectivity index (χ1v) is 17.7. The summed E-state index contributed by atoms with van der Waals surface area (Å²) in [5.41, 5.74) is -0.698. The Balaban J connectivity index is 1.36. The number of likely N-dealkylation sites (N-methyl/N-ethyl adjacent to an activating group) is 1. The lowest BCUT2D eigenvalue weighted by Gasteiger charge is -2.35. The number of nitrogens with zero attached hydrogens (tertiary/aromatic N) is 6. The second-order valence-corrected chi connectivity index (χ2v) is 15.5. The Morgan fingerprint density at radius 3 is 2.44 bits per heavy atom. The van der Waals surface area contributed by atoms with Gasteiger partial charge >= 0.3 is 6.03 Å². The molecule has 0 fully saturated rings. The van der Waals surface area contributed by atoms with Gasteiger partial charge in [-0.1, -0.05) is 45.0 Å². The lowest BCUT2D eigenvalue weighted by atomic mass is 9.81. The zero-order valence-corrected chi connectivity index (χ0v) is 32.7. The first-order chi connectivity index (χ1) is 25.4. The summed E-state index contributed by atoms with van der Waals surface area (Å²) >= 11 is 0. The van der Waals surface area contributed by atoms with Crippen molar-refractivity contribution in [1.82, 2.24) is 40.1 Å². The quantitative estimate of drug-likeness (QED) is 0.121. The highest BCUT2D eigenvalue weighted by atomic mass is 16.5. The molecule has 2 atom stereocenters. The molecule has 3 heterocycles. The summed E-state index contributed by atoms with van der Waals surface area (Å²) in [6, 6.07) is 11.7. The highest BCUT2D eigenvalue weighted by molar-refractivity contribution is 5.94. The van der Waals surface area contributed by atoms with Crippen LogP contribution in [0.25, 0.3) is 5.65 Å². The molecule has 3 aromatic heterocycles. The number of rotatable bonds is 14. The second-order valence-electron chi connectivity index (χ2n) is 15.5. The number of aromatic nitrogens is 5. The van der Waals surface area contributed by atoms with Gasteiger partial charge in [-0.15, -0.1) is 10.2 Å². The predicted octanol–water partition coefficient (Wildman–Crippen LogP) is 4.69. The molecule has 15 heteroatoms. The number of ether oxygens (including phenoxy) is 3. The minimum Gasteiger partial charge on any atom is -0.480 e. The van der Waals surface area contributed by atoms with Crippen LogP contribution in [0.3, 0.4) is 0 Å². The minimum atomic E-state index is -1.53. The van der Waals surface area contributed by atoms with Crippen LogP contribution >= 0.6 is 0 Å². The van der Waals surface area contributed by atoms with Crippen LogP contribution in [-0.4, -0.2) is 94.2 Å². The monoisotopic (exact) mass is 741 g/mol. The molecule has 0 radical (unpaired) electrons. The molecule has 3 amide bonds. The Morgan fingerprint density at radius 2 is 1.76 bits per heavy atom. The van der Waals surface area contributed by atoms with Gasteiger partial charge in [0.2, 0.25) is 5.82 Å². The molecule has 1 aliphatic rings. The molecule has 15 nitrogen and oxygen atoms in total. The highest BCUT2D eigenvalue weighted by Crippen LogP contribution is 2.37. The fourth-order valence-electron chi connectivity index (χ4n) is 5.86. The first kappa shape index (κ1) is 39.9. The van der Waals surface area contributed by atoms with E-state index in [1.165, 1.54) is 0 Å². The topological polar surface area (TPSA) is 174 Å². The maximum atomic E-state index is 13.7. The van der Waals surface area contributed by atoms with Crippen molar-refractivity contribution in [2.45, 2.75) is 76.7 Å². The molecule has 4 aromatic rings. The third-order valence-corrected chi connectivity index (χ3v) is 9.73. The lowest BCUT2D eigenvalue weighted by molar-refractivity contribution is -0.111. The van der Waals surface area contributed by atoms with Gasteiger partial charge in [-0.25, -0.2) is 14.8 Å². The Morgan fingerprint density at radius 1 is 1.02 bits per heavy atom. The summed E-state index contributed by atoms with van der Waals surface area (Å²) in [7, 11) is 5.22. The largest absolute Gasteiger partial charge is 0.480 e. The van der Waals surface area contributed by atoms with Crippen molar-refractivity contribution >= 4 is 29.7 Å². The Labute approximate surface area is 315 Å². The number of aldehydes is 1. The van der Waals surface area contributed by atoms with Crippen molar-refractivity contribution in [2.24, 2.45) is 0 Å². The van der Waals surface area contributed by atoms with E-state index in [0.717, 1.165) is 0 Å². The van der Waals surface area contributed by atoms with E-state index in [1.54, 1.807) is 62.9 Å². The molecule has 0 saturated heterocycles. The van der Waals surface area contributed by atoms with Gasteiger partial charge in [0.05, 0.1) is 18.5 Å². The normalized spacial score (nSPS) is 17.3. The van der Waals surface area contributed by atoms with Crippen molar-refractivity contribution < 1.29 is 28.6 Å². The molecule has 0 spiro atoms. The number of carbonyl (C=O) groups excluding carboxylic acids is 3. The molecule has 54 heavy (non-hydrogen) atoms. The Bertz CT molecular complexity index is 2040. The summed E-state index contributed by atoms with van der Waals surface area (Å²) in [5, 5.41) is 17.1. The van der Waals surface area contributed by atoms with E-state index in [0.29, 0.717) is 60.0 Å². The van der Waals surface area contributed by atoms with Gasteiger partial charge in [-0.3, -0.25) is 24.2 Å². The number of methoxy groups -OCH3 is 2. The zero-order valence-electron chi connectivity index (χ0n) is 32.7. The summed E-state index contributed by atoms with van der Waals surface area (Å²) in [6.07, 6.45) is 5.21. The van der Waals surface area contributed by atoms with Gasteiger partial charge in [-0.2, -0.15) is 0 Å². The molecule has 0 unspecified atom stereocenters. The zero-order chi connectivity index (χ0) is 39.5. The van der Waals surface area contributed by atoms with Crippen LogP contribution in [0.5, 0.6) is 5.75 Å². The molecule has 3 N–H and O–H groups in total. The van der Waals surface area contributed by atoms with Gasteiger partial charge in [-0.05, 0) is 64.6 Å². The average Bonchev–Trinajstić information content (AvgIpc) is 3.57. The van der Waals surface area contributed by atoms with Crippen LogP contribution in [0.15, 0.2) is 60.8 Å².